The Morgan fingerprint density at radius 1 is 1.26 bits per heavy atom. The Bertz CT molecular complexity index is 536. The molecule has 1 fully saturated rings. The number of carbonyl (C=O) groups excluding carboxylic acids is 2. The first kappa shape index (κ1) is 17.7. The maximum atomic E-state index is 12.4. The summed E-state index contributed by atoms with van der Waals surface area (Å²) in [6.45, 7) is 4.58. The zero-order chi connectivity index (χ0) is 16.8. The summed E-state index contributed by atoms with van der Waals surface area (Å²) in [6, 6.07) is 7.75. The number of likely N-dealkylation sites (tertiary alicyclic amines) is 1. The van der Waals surface area contributed by atoms with E-state index in [2.05, 4.69) is 6.92 Å². The van der Waals surface area contributed by atoms with E-state index in [-0.39, 0.29) is 30.6 Å². The molecule has 1 aromatic carbocycles. The van der Waals surface area contributed by atoms with E-state index >= 15 is 0 Å². The molecule has 23 heavy (non-hydrogen) atoms. The Hall–Kier alpha value is -1.68. The van der Waals surface area contributed by atoms with Gasteiger partial charge in [0.2, 0.25) is 5.91 Å². The van der Waals surface area contributed by atoms with E-state index < -0.39 is 6.10 Å². The van der Waals surface area contributed by atoms with Gasteiger partial charge in [-0.3, -0.25) is 9.59 Å². The van der Waals surface area contributed by atoms with Crippen molar-refractivity contribution in [1.29, 1.82) is 0 Å². The molecule has 1 saturated heterocycles. The largest absolute Gasteiger partial charge is 0.393 e. The monoisotopic (exact) mass is 317 g/mol. The van der Waals surface area contributed by atoms with Crippen LogP contribution in [-0.4, -0.2) is 40.4 Å². The molecule has 126 valence electrons. The number of hydrogen-bond donors (Lipinski definition) is 1. The summed E-state index contributed by atoms with van der Waals surface area (Å²) >= 11 is 0. The van der Waals surface area contributed by atoms with E-state index in [1.165, 1.54) is 5.56 Å². The highest BCUT2D eigenvalue weighted by Gasteiger charge is 2.29. The van der Waals surface area contributed by atoms with Crippen LogP contribution >= 0.6 is 0 Å². The van der Waals surface area contributed by atoms with E-state index in [0.717, 1.165) is 25.8 Å². The third-order valence-corrected chi connectivity index (χ3v) is 4.56. The first-order chi connectivity index (χ1) is 11.0. The van der Waals surface area contributed by atoms with Gasteiger partial charge in [0.05, 0.1) is 6.10 Å². The number of aryl methyl sites for hydroxylation is 1. The van der Waals surface area contributed by atoms with Crippen LogP contribution in [0.3, 0.4) is 0 Å². The summed E-state index contributed by atoms with van der Waals surface area (Å²) in [7, 11) is 0. The molecule has 2 atom stereocenters. The second-order valence-corrected chi connectivity index (χ2v) is 6.44. The highest BCUT2D eigenvalue weighted by atomic mass is 16.3. The number of benzene rings is 1. The summed E-state index contributed by atoms with van der Waals surface area (Å²) in [5.74, 6) is 0.0546. The third-order valence-electron chi connectivity index (χ3n) is 4.56. The maximum Gasteiger partial charge on any atom is 0.223 e. The van der Waals surface area contributed by atoms with Crippen LogP contribution in [0.4, 0.5) is 0 Å². The molecule has 0 radical (unpaired) electrons. The molecule has 1 N–H and O–H groups in total. The van der Waals surface area contributed by atoms with Crippen molar-refractivity contribution in [3.8, 4) is 0 Å². The van der Waals surface area contributed by atoms with Gasteiger partial charge in [0.15, 0.2) is 5.78 Å². The van der Waals surface area contributed by atoms with Crippen LogP contribution in [0.2, 0.25) is 0 Å². The quantitative estimate of drug-likeness (QED) is 0.787. The number of carbonyl (C=O) groups is 2. The van der Waals surface area contributed by atoms with Gasteiger partial charge in [-0.1, -0.05) is 31.2 Å². The summed E-state index contributed by atoms with van der Waals surface area (Å²) in [4.78, 5) is 26.4. The van der Waals surface area contributed by atoms with Crippen LogP contribution in [0.15, 0.2) is 24.3 Å². The summed E-state index contributed by atoms with van der Waals surface area (Å²) < 4.78 is 0. The molecule has 4 nitrogen and oxygen atoms in total. The van der Waals surface area contributed by atoms with E-state index in [1.807, 2.05) is 29.2 Å². The number of aliphatic hydroxyl groups excluding tert-OH is 1. The molecule has 0 saturated carbocycles. The standard InChI is InChI=1S/C19H27NO3/c1-3-15-6-8-16(9-7-15)18(22)10-11-19(23)20-12-4-5-17(20)13-14(2)21/h6-9,14,17,21H,3-5,10-13H2,1-2H3. The van der Waals surface area contributed by atoms with Crippen LogP contribution in [0.25, 0.3) is 0 Å². The van der Waals surface area contributed by atoms with Gasteiger partial charge < -0.3 is 10.0 Å². The molecule has 0 spiro atoms. The minimum atomic E-state index is -0.396. The Morgan fingerprint density at radius 3 is 2.57 bits per heavy atom. The van der Waals surface area contributed by atoms with Crippen molar-refractivity contribution in [2.45, 2.75) is 64.5 Å². The van der Waals surface area contributed by atoms with Crippen LogP contribution in [-0.2, 0) is 11.2 Å². The second kappa shape index (κ2) is 8.25. The lowest BCUT2D eigenvalue weighted by Crippen LogP contribution is -2.37. The number of aliphatic hydroxyl groups is 1. The predicted molar refractivity (Wildman–Crippen MR) is 90.4 cm³/mol. The van der Waals surface area contributed by atoms with Gasteiger partial charge >= 0.3 is 0 Å². The Labute approximate surface area is 138 Å². The number of Topliss-reactive ketones (excluding diaryl/α,β-unsaturated/α-hetero) is 1. The lowest BCUT2D eigenvalue weighted by molar-refractivity contribution is -0.132. The number of nitrogens with zero attached hydrogens (tertiary/aromatic N) is 1. The molecule has 0 bridgehead atoms. The van der Waals surface area contributed by atoms with Crippen molar-refractivity contribution in [3.05, 3.63) is 35.4 Å². The second-order valence-electron chi connectivity index (χ2n) is 6.44. The van der Waals surface area contributed by atoms with Crippen LogP contribution < -0.4 is 0 Å². The van der Waals surface area contributed by atoms with Crippen molar-refractivity contribution in [2.75, 3.05) is 6.54 Å². The van der Waals surface area contributed by atoms with E-state index in [9.17, 15) is 14.7 Å². The highest BCUT2D eigenvalue weighted by Crippen LogP contribution is 2.23. The third kappa shape index (κ3) is 4.90. The number of amides is 1. The summed E-state index contributed by atoms with van der Waals surface area (Å²) in [6.07, 6.45) is 3.61. The van der Waals surface area contributed by atoms with Gasteiger partial charge in [-0.05, 0) is 38.2 Å². The van der Waals surface area contributed by atoms with E-state index in [0.29, 0.717) is 12.0 Å². The molecular weight excluding hydrogens is 290 g/mol. The van der Waals surface area contributed by atoms with Gasteiger partial charge in [-0.25, -0.2) is 0 Å². The molecule has 0 aliphatic carbocycles. The number of ketones is 1. The normalized spacial score (nSPS) is 18.9. The van der Waals surface area contributed by atoms with Crippen molar-refractivity contribution < 1.29 is 14.7 Å². The Balaban J connectivity index is 1.86. The van der Waals surface area contributed by atoms with Crippen LogP contribution in [0.5, 0.6) is 0 Å². The number of hydrogen-bond acceptors (Lipinski definition) is 3. The minimum absolute atomic E-state index is 0.0206. The number of rotatable bonds is 7. The molecule has 2 unspecified atom stereocenters. The zero-order valence-electron chi connectivity index (χ0n) is 14.1. The highest BCUT2D eigenvalue weighted by molar-refractivity contribution is 5.98. The zero-order valence-corrected chi connectivity index (χ0v) is 14.1. The van der Waals surface area contributed by atoms with Gasteiger partial charge in [-0.15, -0.1) is 0 Å². The lowest BCUT2D eigenvalue weighted by atomic mass is 10.0. The molecule has 1 aliphatic heterocycles. The molecule has 0 aromatic heterocycles. The predicted octanol–water partition coefficient (Wildman–Crippen LogP) is 2.97. The SMILES string of the molecule is CCc1ccc(C(=O)CCC(=O)N2CCCC2CC(C)O)cc1. The van der Waals surface area contributed by atoms with Gasteiger partial charge in [0.25, 0.3) is 0 Å². The average Bonchev–Trinajstić information content (AvgIpc) is 2.99. The van der Waals surface area contributed by atoms with Gasteiger partial charge in [0.1, 0.15) is 0 Å². The summed E-state index contributed by atoms with van der Waals surface area (Å²) in [5, 5.41) is 9.53. The molecule has 1 amide bonds. The van der Waals surface area contributed by atoms with Gasteiger partial charge in [-0.2, -0.15) is 0 Å². The minimum Gasteiger partial charge on any atom is -0.393 e. The lowest BCUT2D eigenvalue weighted by Gasteiger charge is -2.25. The molecule has 2 rings (SSSR count). The van der Waals surface area contributed by atoms with Crippen LogP contribution in [0.1, 0.15) is 61.9 Å². The van der Waals surface area contributed by atoms with Crippen molar-refractivity contribution in [2.24, 2.45) is 0 Å². The Kier molecular flexibility index (Phi) is 6.34. The van der Waals surface area contributed by atoms with Gasteiger partial charge in [0, 0.05) is 31.0 Å². The smallest absolute Gasteiger partial charge is 0.223 e. The van der Waals surface area contributed by atoms with E-state index in [1.54, 1.807) is 6.92 Å². The first-order valence-corrected chi connectivity index (χ1v) is 8.61. The average molecular weight is 317 g/mol. The molecule has 4 heteroatoms. The topological polar surface area (TPSA) is 57.6 Å². The van der Waals surface area contributed by atoms with Crippen molar-refractivity contribution >= 4 is 11.7 Å². The fourth-order valence-corrected chi connectivity index (χ4v) is 3.24. The first-order valence-electron chi connectivity index (χ1n) is 8.61. The summed E-state index contributed by atoms with van der Waals surface area (Å²) in [5.41, 5.74) is 1.88. The molecule has 1 heterocycles. The molecule has 1 aromatic rings. The van der Waals surface area contributed by atoms with Crippen molar-refractivity contribution in [3.63, 3.8) is 0 Å². The molecular formula is C19H27NO3. The molecule has 1 aliphatic rings. The maximum absolute atomic E-state index is 12.4. The van der Waals surface area contributed by atoms with Crippen LogP contribution in [0, 0.1) is 0 Å². The fraction of sp³-hybridized carbons (Fsp3) is 0.579. The fourth-order valence-electron chi connectivity index (χ4n) is 3.24. The Morgan fingerprint density at radius 2 is 1.96 bits per heavy atom. The van der Waals surface area contributed by atoms with E-state index in [4.69, 9.17) is 0 Å². The van der Waals surface area contributed by atoms with Crippen molar-refractivity contribution in [1.82, 2.24) is 4.90 Å².